The maximum Gasteiger partial charge on any atom is 0.237 e. The highest BCUT2D eigenvalue weighted by atomic mass is 16.1. The Morgan fingerprint density at radius 3 is 2.50 bits per heavy atom. The summed E-state index contributed by atoms with van der Waals surface area (Å²) in [6.07, 6.45) is 5.14. The van der Waals surface area contributed by atoms with Crippen LogP contribution in [0.1, 0.15) is 39.0 Å². The highest BCUT2D eigenvalue weighted by Crippen LogP contribution is 2.29. The molecule has 0 radical (unpaired) electrons. The molecule has 1 fully saturated rings. The van der Waals surface area contributed by atoms with Crippen molar-refractivity contribution in [3.63, 3.8) is 0 Å². The number of rotatable bonds is 4. The number of carbonyl (C=O) groups excluding carboxylic acids is 1. The van der Waals surface area contributed by atoms with Crippen LogP contribution in [0.15, 0.2) is 0 Å². The lowest BCUT2D eigenvalue weighted by Crippen LogP contribution is -2.53. The van der Waals surface area contributed by atoms with Crippen molar-refractivity contribution in [3.8, 4) is 0 Å². The van der Waals surface area contributed by atoms with Gasteiger partial charge in [-0.3, -0.25) is 4.79 Å². The molecule has 0 aliphatic heterocycles. The topological polar surface area (TPSA) is 55.1 Å². The lowest BCUT2D eigenvalue weighted by molar-refractivity contribution is -0.124. The summed E-state index contributed by atoms with van der Waals surface area (Å²) in [5.41, 5.74) is 5.01. The Bertz CT molecular complexity index is 162. The average molecular weight is 170 g/mol. The van der Waals surface area contributed by atoms with Crippen molar-refractivity contribution in [1.82, 2.24) is 5.32 Å². The van der Waals surface area contributed by atoms with Gasteiger partial charge in [-0.15, -0.1) is 0 Å². The van der Waals surface area contributed by atoms with Gasteiger partial charge in [-0.2, -0.15) is 0 Å². The quantitative estimate of drug-likeness (QED) is 0.655. The lowest BCUT2D eigenvalue weighted by Gasteiger charge is -2.26. The van der Waals surface area contributed by atoms with E-state index in [1.807, 2.05) is 0 Å². The van der Waals surface area contributed by atoms with Gasteiger partial charge in [0, 0.05) is 0 Å². The van der Waals surface area contributed by atoms with Crippen LogP contribution in [0.5, 0.6) is 0 Å². The Morgan fingerprint density at radius 2 is 2.08 bits per heavy atom. The number of amides is 1. The molecule has 1 saturated carbocycles. The van der Waals surface area contributed by atoms with E-state index in [9.17, 15) is 4.79 Å². The van der Waals surface area contributed by atoms with Crippen LogP contribution in [-0.4, -0.2) is 18.0 Å². The van der Waals surface area contributed by atoms with Gasteiger partial charge in [-0.1, -0.05) is 19.8 Å². The van der Waals surface area contributed by atoms with Gasteiger partial charge in [-0.25, -0.2) is 0 Å². The Morgan fingerprint density at radius 1 is 1.50 bits per heavy atom. The van der Waals surface area contributed by atoms with E-state index >= 15 is 0 Å². The van der Waals surface area contributed by atoms with Crippen LogP contribution < -0.4 is 11.1 Å². The first-order valence-corrected chi connectivity index (χ1v) is 4.76. The van der Waals surface area contributed by atoms with Gasteiger partial charge in [0.15, 0.2) is 0 Å². The molecule has 3 heteroatoms. The second-order valence-corrected chi connectivity index (χ2v) is 3.58. The molecule has 1 amide bonds. The summed E-state index contributed by atoms with van der Waals surface area (Å²) in [6, 6.07) is 0. The van der Waals surface area contributed by atoms with Gasteiger partial charge in [0.1, 0.15) is 0 Å². The van der Waals surface area contributed by atoms with E-state index in [-0.39, 0.29) is 11.4 Å². The van der Waals surface area contributed by atoms with E-state index in [1.165, 1.54) is 0 Å². The molecular weight excluding hydrogens is 152 g/mol. The minimum Gasteiger partial charge on any atom is -0.368 e. The van der Waals surface area contributed by atoms with Gasteiger partial charge >= 0.3 is 0 Å². The minimum absolute atomic E-state index is 0.173. The third-order valence-electron chi connectivity index (χ3n) is 2.64. The Hall–Kier alpha value is -0.570. The van der Waals surface area contributed by atoms with E-state index in [0.29, 0.717) is 0 Å². The third kappa shape index (κ3) is 1.78. The second kappa shape index (κ2) is 3.90. The molecule has 0 spiro atoms. The average Bonchev–Trinajstić information content (AvgIpc) is 2.50. The van der Waals surface area contributed by atoms with Gasteiger partial charge < -0.3 is 11.1 Å². The van der Waals surface area contributed by atoms with E-state index in [0.717, 1.165) is 38.6 Å². The molecule has 0 heterocycles. The fraction of sp³-hybridized carbons (Fsp3) is 0.889. The molecule has 0 atom stereocenters. The van der Waals surface area contributed by atoms with Gasteiger partial charge in [0.25, 0.3) is 0 Å². The minimum atomic E-state index is -0.365. The highest BCUT2D eigenvalue weighted by Gasteiger charge is 2.38. The summed E-state index contributed by atoms with van der Waals surface area (Å²) in [5, 5.41) is 3.27. The summed E-state index contributed by atoms with van der Waals surface area (Å²) in [6.45, 7) is 2.99. The molecule has 0 unspecified atom stereocenters. The van der Waals surface area contributed by atoms with Crippen molar-refractivity contribution in [3.05, 3.63) is 0 Å². The van der Waals surface area contributed by atoms with Crippen LogP contribution in [0.3, 0.4) is 0 Å². The van der Waals surface area contributed by atoms with Crippen molar-refractivity contribution in [1.29, 1.82) is 0 Å². The van der Waals surface area contributed by atoms with Crippen LogP contribution >= 0.6 is 0 Å². The molecule has 0 aromatic heterocycles. The van der Waals surface area contributed by atoms with Crippen molar-refractivity contribution in [2.24, 2.45) is 5.73 Å². The fourth-order valence-corrected chi connectivity index (χ4v) is 1.85. The van der Waals surface area contributed by atoms with Crippen molar-refractivity contribution < 1.29 is 4.79 Å². The first kappa shape index (κ1) is 9.52. The zero-order valence-electron chi connectivity index (χ0n) is 7.73. The molecule has 0 aromatic rings. The molecule has 0 saturated heterocycles. The Labute approximate surface area is 73.7 Å². The molecule has 70 valence electrons. The zero-order valence-corrected chi connectivity index (χ0v) is 7.73. The molecule has 1 rings (SSSR count). The summed E-state index contributed by atoms with van der Waals surface area (Å²) in [7, 11) is 0. The van der Waals surface area contributed by atoms with Crippen LogP contribution in [0.2, 0.25) is 0 Å². The van der Waals surface area contributed by atoms with Gasteiger partial charge in [-0.05, 0) is 25.8 Å². The van der Waals surface area contributed by atoms with Crippen molar-refractivity contribution in [2.75, 3.05) is 6.54 Å². The van der Waals surface area contributed by atoms with Crippen LogP contribution in [0.25, 0.3) is 0 Å². The fourth-order valence-electron chi connectivity index (χ4n) is 1.85. The third-order valence-corrected chi connectivity index (χ3v) is 2.64. The molecule has 1 aliphatic rings. The van der Waals surface area contributed by atoms with Crippen molar-refractivity contribution >= 4 is 5.91 Å². The molecule has 1 aliphatic carbocycles. The molecular formula is C9H18N2O. The number of carbonyl (C=O) groups is 1. The molecule has 3 nitrogen and oxygen atoms in total. The molecule has 3 N–H and O–H groups in total. The Balaban J connectivity index is 2.53. The summed E-state index contributed by atoms with van der Waals surface area (Å²) >= 11 is 0. The summed E-state index contributed by atoms with van der Waals surface area (Å²) in [4.78, 5) is 11.2. The summed E-state index contributed by atoms with van der Waals surface area (Å²) in [5.74, 6) is -0.173. The molecule has 0 bridgehead atoms. The maximum atomic E-state index is 11.2. The number of nitrogens with two attached hydrogens (primary N) is 1. The second-order valence-electron chi connectivity index (χ2n) is 3.58. The maximum absolute atomic E-state index is 11.2. The van der Waals surface area contributed by atoms with E-state index in [4.69, 9.17) is 5.73 Å². The first-order valence-electron chi connectivity index (χ1n) is 4.76. The largest absolute Gasteiger partial charge is 0.368 e. The van der Waals surface area contributed by atoms with E-state index in [1.54, 1.807) is 0 Å². The zero-order chi connectivity index (χ0) is 9.03. The van der Waals surface area contributed by atoms with Gasteiger partial charge in [0.05, 0.1) is 5.54 Å². The smallest absolute Gasteiger partial charge is 0.237 e. The van der Waals surface area contributed by atoms with Crippen molar-refractivity contribution in [2.45, 2.75) is 44.6 Å². The Kier molecular flexibility index (Phi) is 3.09. The monoisotopic (exact) mass is 170 g/mol. The van der Waals surface area contributed by atoms with Crippen LogP contribution in [0, 0.1) is 0 Å². The highest BCUT2D eigenvalue weighted by molar-refractivity contribution is 5.84. The van der Waals surface area contributed by atoms with Crippen LogP contribution in [-0.2, 0) is 4.79 Å². The number of hydrogen-bond acceptors (Lipinski definition) is 2. The van der Waals surface area contributed by atoms with Crippen LogP contribution in [0.4, 0.5) is 0 Å². The lowest BCUT2D eigenvalue weighted by atomic mass is 9.97. The van der Waals surface area contributed by atoms with E-state index in [2.05, 4.69) is 12.2 Å². The number of hydrogen-bond donors (Lipinski definition) is 2. The van der Waals surface area contributed by atoms with Gasteiger partial charge in [0.2, 0.25) is 5.91 Å². The predicted octanol–water partition coefficient (Wildman–Crippen LogP) is 0.784. The summed E-state index contributed by atoms with van der Waals surface area (Å²) < 4.78 is 0. The SMILES string of the molecule is CCCNC1(C(N)=O)CCCC1. The normalized spacial score (nSPS) is 21.1. The number of nitrogens with one attached hydrogen (secondary N) is 1. The number of primary amides is 1. The standard InChI is InChI=1S/C9H18N2O/c1-2-7-11-9(8(10)12)5-3-4-6-9/h11H,2-7H2,1H3,(H2,10,12). The molecule has 12 heavy (non-hydrogen) atoms. The predicted molar refractivity (Wildman–Crippen MR) is 48.7 cm³/mol. The first-order chi connectivity index (χ1) is 5.71. The molecule has 0 aromatic carbocycles. The van der Waals surface area contributed by atoms with E-state index < -0.39 is 0 Å².